The lowest BCUT2D eigenvalue weighted by atomic mass is 9.97. The number of halogens is 1. The summed E-state index contributed by atoms with van der Waals surface area (Å²) in [6.07, 6.45) is 4.12. The summed E-state index contributed by atoms with van der Waals surface area (Å²) in [4.78, 5) is 25.3. The van der Waals surface area contributed by atoms with Gasteiger partial charge in [0.25, 0.3) is 5.56 Å². The Labute approximate surface area is 203 Å². The van der Waals surface area contributed by atoms with Crippen molar-refractivity contribution in [1.29, 1.82) is 0 Å². The van der Waals surface area contributed by atoms with Crippen LogP contribution in [0, 0.1) is 0 Å². The molecular formula is C24H28ClNO7S. The summed E-state index contributed by atoms with van der Waals surface area (Å²) in [5, 5.41) is 8.95. The zero-order chi connectivity index (χ0) is 24.6. The van der Waals surface area contributed by atoms with Crippen LogP contribution in [0.4, 0.5) is 0 Å². The maximum atomic E-state index is 13.7. The van der Waals surface area contributed by atoms with Gasteiger partial charge >= 0.3 is 5.97 Å². The van der Waals surface area contributed by atoms with Crippen molar-refractivity contribution in [1.82, 2.24) is 4.57 Å². The first kappa shape index (κ1) is 24.8. The molecule has 2 aliphatic rings. The highest BCUT2D eigenvalue weighted by Gasteiger charge is 2.41. The highest BCUT2D eigenvalue weighted by molar-refractivity contribution is 7.92. The Kier molecular flexibility index (Phi) is 7.07. The summed E-state index contributed by atoms with van der Waals surface area (Å²) in [7, 11) is -2.30. The number of carboxylic acid groups (broad SMARTS) is 1. The molecule has 34 heavy (non-hydrogen) atoms. The molecule has 0 amide bonds. The van der Waals surface area contributed by atoms with Gasteiger partial charge in [0.1, 0.15) is 11.3 Å². The van der Waals surface area contributed by atoms with E-state index in [1.54, 1.807) is 14.0 Å². The lowest BCUT2D eigenvalue weighted by Crippen LogP contribution is -2.34. The van der Waals surface area contributed by atoms with Gasteiger partial charge in [-0.3, -0.25) is 4.79 Å². The smallest absolute Gasteiger partial charge is 0.341 e. The molecule has 1 unspecified atom stereocenters. The minimum absolute atomic E-state index is 0.0483. The molecule has 1 N–H and O–H groups in total. The van der Waals surface area contributed by atoms with E-state index in [1.807, 2.05) is 0 Å². The van der Waals surface area contributed by atoms with Crippen LogP contribution in [0.1, 0.15) is 72.7 Å². The van der Waals surface area contributed by atoms with E-state index in [-0.39, 0.29) is 28.1 Å². The Balaban J connectivity index is 2.00. The average molecular weight is 510 g/mol. The van der Waals surface area contributed by atoms with Gasteiger partial charge < -0.3 is 19.1 Å². The molecule has 1 fully saturated rings. The highest BCUT2D eigenvalue weighted by Crippen LogP contribution is 2.49. The Bertz CT molecular complexity index is 1280. The number of pyridine rings is 1. The zero-order valence-electron chi connectivity index (χ0n) is 19.2. The Hall–Kier alpha value is -2.36. The van der Waals surface area contributed by atoms with Crippen LogP contribution in [0.5, 0.6) is 5.75 Å². The van der Waals surface area contributed by atoms with Crippen molar-refractivity contribution in [2.75, 3.05) is 20.3 Å². The van der Waals surface area contributed by atoms with Gasteiger partial charge in [-0.05, 0) is 37.0 Å². The second-order valence-electron chi connectivity index (χ2n) is 8.70. The molecule has 4 rings (SSSR count). The number of rotatable bonds is 8. The quantitative estimate of drug-likeness (QED) is 0.516. The number of carboxylic acids is 1. The van der Waals surface area contributed by atoms with Gasteiger partial charge in [-0.25, -0.2) is 13.2 Å². The lowest BCUT2D eigenvalue weighted by molar-refractivity contribution is 0.0693. The maximum Gasteiger partial charge on any atom is 0.341 e. The first-order chi connectivity index (χ1) is 16.2. The number of carbonyl (C=O) groups is 1. The summed E-state index contributed by atoms with van der Waals surface area (Å²) < 4.78 is 39.6. The number of methoxy groups -OCH3 is 1. The Morgan fingerprint density at radius 1 is 1.21 bits per heavy atom. The number of hydrogen-bond acceptors (Lipinski definition) is 6. The van der Waals surface area contributed by atoms with Crippen molar-refractivity contribution < 1.29 is 27.8 Å². The summed E-state index contributed by atoms with van der Waals surface area (Å²) in [6.45, 7) is 2.53. The number of sulfone groups is 1. The monoisotopic (exact) mass is 509 g/mol. The number of ether oxygens (including phenoxy) is 2. The molecule has 1 aliphatic carbocycles. The van der Waals surface area contributed by atoms with Crippen LogP contribution in [0.25, 0.3) is 11.3 Å². The van der Waals surface area contributed by atoms with Crippen LogP contribution in [-0.4, -0.2) is 44.4 Å². The number of aromatic carboxylic acids is 1. The largest absolute Gasteiger partial charge is 0.492 e. The van der Waals surface area contributed by atoms with Gasteiger partial charge in [-0.15, -0.1) is 0 Å². The third-order valence-electron chi connectivity index (χ3n) is 6.62. The molecule has 1 aliphatic heterocycles. The van der Waals surface area contributed by atoms with Gasteiger partial charge in [0, 0.05) is 37.8 Å². The van der Waals surface area contributed by atoms with Gasteiger partial charge in [0.15, 0.2) is 9.84 Å². The number of aromatic nitrogens is 1. The van der Waals surface area contributed by atoms with Crippen molar-refractivity contribution >= 4 is 27.4 Å². The highest BCUT2D eigenvalue weighted by atomic mass is 35.5. The molecule has 1 aromatic carbocycles. The Morgan fingerprint density at radius 2 is 1.91 bits per heavy atom. The van der Waals surface area contributed by atoms with Gasteiger partial charge in [0.05, 0.1) is 27.5 Å². The molecule has 8 nitrogen and oxygen atoms in total. The molecule has 10 heteroatoms. The summed E-state index contributed by atoms with van der Waals surface area (Å²) in [6, 6.07) is 4.00. The van der Waals surface area contributed by atoms with Crippen molar-refractivity contribution in [3.05, 3.63) is 44.7 Å². The summed E-state index contributed by atoms with van der Waals surface area (Å²) in [5.74, 6) is -1.12. The molecule has 1 atom stereocenters. The molecular weight excluding hydrogens is 482 g/mol. The molecule has 1 saturated carbocycles. The van der Waals surface area contributed by atoms with Crippen LogP contribution in [0.2, 0.25) is 5.02 Å². The van der Waals surface area contributed by atoms with E-state index >= 15 is 0 Å². The first-order valence-corrected chi connectivity index (χ1v) is 13.4. The van der Waals surface area contributed by atoms with Gasteiger partial charge in [0.2, 0.25) is 0 Å². The Morgan fingerprint density at radius 3 is 2.53 bits per heavy atom. The minimum atomic E-state index is -3.89. The minimum Gasteiger partial charge on any atom is -0.492 e. The number of hydrogen-bond donors (Lipinski definition) is 1. The predicted octanol–water partition coefficient (Wildman–Crippen LogP) is 4.64. The molecule has 2 aromatic rings. The molecule has 0 radical (unpaired) electrons. The molecule has 0 spiro atoms. The fraction of sp³-hybridized carbons (Fsp3) is 0.500. The fourth-order valence-electron chi connectivity index (χ4n) is 5.06. The van der Waals surface area contributed by atoms with E-state index in [4.69, 9.17) is 21.1 Å². The molecule has 2 heterocycles. The van der Waals surface area contributed by atoms with Crippen LogP contribution in [0.15, 0.2) is 27.9 Å². The summed E-state index contributed by atoms with van der Waals surface area (Å²) in [5.41, 5.74) is 0.0752. The zero-order valence-corrected chi connectivity index (χ0v) is 20.7. The first-order valence-electron chi connectivity index (χ1n) is 11.4. The average Bonchev–Trinajstić information content (AvgIpc) is 3.31. The normalized spacial score (nSPS) is 19.0. The molecule has 1 aromatic heterocycles. The third-order valence-corrected chi connectivity index (χ3v) is 9.20. The number of benzene rings is 1. The lowest BCUT2D eigenvalue weighted by Gasteiger charge is -2.32. The van der Waals surface area contributed by atoms with Gasteiger partial charge in [-0.2, -0.15) is 0 Å². The third kappa shape index (κ3) is 4.14. The van der Waals surface area contributed by atoms with E-state index in [1.165, 1.54) is 22.8 Å². The standard InChI is InChI=1S/C24H28ClNO7S/c1-3-20-15-11-17(24(28)29)23(27)26(14-7-4-5-8-14)22(15)16-12-18(25)19(33-10-6-9-32-2)13-21(16)34(20,30)31/h11-14,20H,3-10H2,1-2H3,(H,28,29). The molecule has 0 saturated heterocycles. The van der Waals surface area contributed by atoms with Crippen molar-refractivity contribution in [3.8, 4) is 17.0 Å². The van der Waals surface area contributed by atoms with Crippen molar-refractivity contribution in [2.24, 2.45) is 0 Å². The van der Waals surface area contributed by atoms with Crippen molar-refractivity contribution in [3.63, 3.8) is 0 Å². The van der Waals surface area contributed by atoms with Crippen LogP contribution < -0.4 is 10.3 Å². The van der Waals surface area contributed by atoms with E-state index < -0.39 is 32.2 Å². The van der Waals surface area contributed by atoms with Crippen LogP contribution in [0.3, 0.4) is 0 Å². The summed E-state index contributed by atoms with van der Waals surface area (Å²) >= 11 is 6.50. The van der Waals surface area contributed by atoms with E-state index in [0.717, 1.165) is 25.7 Å². The fourth-order valence-corrected chi connectivity index (χ4v) is 7.27. The molecule has 0 bridgehead atoms. The number of nitrogens with zero attached hydrogens (tertiary/aromatic N) is 1. The van der Waals surface area contributed by atoms with E-state index in [0.29, 0.717) is 36.5 Å². The van der Waals surface area contributed by atoms with E-state index in [2.05, 4.69) is 0 Å². The molecule has 184 valence electrons. The predicted molar refractivity (Wildman–Crippen MR) is 128 cm³/mol. The van der Waals surface area contributed by atoms with Crippen molar-refractivity contribution in [2.45, 2.75) is 61.6 Å². The maximum absolute atomic E-state index is 13.7. The van der Waals surface area contributed by atoms with E-state index in [9.17, 15) is 23.1 Å². The topological polar surface area (TPSA) is 112 Å². The SMILES string of the molecule is CCC1c2cc(C(=O)O)c(=O)n(C3CCCC3)c2-c2cc(Cl)c(OCCCOC)cc2S1(=O)=O. The van der Waals surface area contributed by atoms with Crippen LogP contribution >= 0.6 is 11.6 Å². The van der Waals surface area contributed by atoms with Gasteiger partial charge in [-0.1, -0.05) is 31.4 Å². The second kappa shape index (κ2) is 9.71. The van der Waals surface area contributed by atoms with Crippen LogP contribution in [-0.2, 0) is 14.6 Å². The second-order valence-corrected chi connectivity index (χ2v) is 11.2. The number of fused-ring (bicyclic) bond motifs is 3.